The average molecular weight is 306 g/mol. The standard InChI is InChI=1S/C16H19NO5/c1-9-6-17(7-10(2)21-9)8-11-5-14(19)22-16-12(11)3-4-13(18)15(16)20/h3-5,9-10,18,20H,6-8H2,1-2H3/p+1/t9-,10-/m0/s1. The third-order valence-electron chi connectivity index (χ3n) is 4.01. The lowest BCUT2D eigenvalue weighted by Crippen LogP contribution is -3.14. The summed E-state index contributed by atoms with van der Waals surface area (Å²) in [6.07, 6.45) is 0.338. The van der Waals surface area contributed by atoms with Gasteiger partial charge in [-0.1, -0.05) is 0 Å². The SMILES string of the molecule is C[C@H]1C[NH+](Cc2cc(=O)oc3c(O)c(O)ccc23)C[C@H](C)O1. The predicted octanol–water partition coefficient (Wildman–Crippen LogP) is 0.396. The van der Waals surface area contributed by atoms with E-state index in [1.165, 1.54) is 17.0 Å². The van der Waals surface area contributed by atoms with E-state index in [4.69, 9.17) is 9.15 Å². The summed E-state index contributed by atoms with van der Waals surface area (Å²) in [5, 5.41) is 20.1. The molecule has 3 N–H and O–H groups in total. The maximum absolute atomic E-state index is 11.7. The molecule has 0 unspecified atom stereocenters. The van der Waals surface area contributed by atoms with Gasteiger partial charge in [0, 0.05) is 17.0 Å². The molecule has 0 spiro atoms. The fraction of sp³-hybridized carbons (Fsp3) is 0.438. The summed E-state index contributed by atoms with van der Waals surface area (Å²) in [5.41, 5.74) is 0.311. The maximum Gasteiger partial charge on any atom is 0.336 e. The Hall–Kier alpha value is -2.05. The van der Waals surface area contributed by atoms with Crippen LogP contribution in [0.5, 0.6) is 11.5 Å². The smallest absolute Gasteiger partial charge is 0.336 e. The highest BCUT2D eigenvalue weighted by molar-refractivity contribution is 5.87. The zero-order valence-electron chi connectivity index (χ0n) is 12.6. The van der Waals surface area contributed by atoms with Gasteiger partial charge in [0.05, 0.1) is 0 Å². The molecule has 2 atom stereocenters. The molecule has 6 heteroatoms. The van der Waals surface area contributed by atoms with Crippen molar-refractivity contribution in [3.8, 4) is 11.5 Å². The molecule has 1 aliphatic heterocycles. The number of hydrogen-bond acceptors (Lipinski definition) is 5. The third kappa shape index (κ3) is 2.80. The van der Waals surface area contributed by atoms with E-state index in [1.807, 2.05) is 13.8 Å². The van der Waals surface area contributed by atoms with Crippen LogP contribution in [0.4, 0.5) is 0 Å². The molecule has 0 bridgehead atoms. The molecule has 1 aliphatic rings. The highest BCUT2D eigenvalue weighted by Gasteiger charge is 2.26. The first-order valence-electron chi connectivity index (χ1n) is 7.40. The number of quaternary nitrogens is 1. The van der Waals surface area contributed by atoms with Crippen LogP contribution in [0.25, 0.3) is 11.0 Å². The van der Waals surface area contributed by atoms with E-state index in [0.717, 1.165) is 18.7 Å². The predicted molar refractivity (Wildman–Crippen MR) is 80.2 cm³/mol. The summed E-state index contributed by atoms with van der Waals surface area (Å²) < 4.78 is 10.8. The van der Waals surface area contributed by atoms with Crippen LogP contribution < -0.4 is 10.5 Å². The van der Waals surface area contributed by atoms with Gasteiger partial charge in [0.2, 0.25) is 5.75 Å². The fourth-order valence-corrected chi connectivity index (χ4v) is 3.22. The van der Waals surface area contributed by atoms with Crippen molar-refractivity contribution in [2.75, 3.05) is 13.1 Å². The monoisotopic (exact) mass is 306 g/mol. The lowest BCUT2D eigenvalue weighted by atomic mass is 10.1. The largest absolute Gasteiger partial charge is 0.504 e. The molecular formula is C16H20NO5+. The van der Waals surface area contributed by atoms with E-state index < -0.39 is 11.4 Å². The van der Waals surface area contributed by atoms with E-state index in [1.54, 1.807) is 6.07 Å². The molecule has 6 nitrogen and oxygen atoms in total. The highest BCUT2D eigenvalue weighted by atomic mass is 16.5. The molecule has 1 aromatic carbocycles. The molecule has 1 saturated heterocycles. The minimum atomic E-state index is -0.530. The Balaban J connectivity index is 2.00. The molecule has 22 heavy (non-hydrogen) atoms. The lowest BCUT2D eigenvalue weighted by Gasteiger charge is -2.32. The Morgan fingerprint density at radius 3 is 2.59 bits per heavy atom. The van der Waals surface area contributed by atoms with Gasteiger partial charge in [0.1, 0.15) is 31.8 Å². The molecule has 0 aliphatic carbocycles. The van der Waals surface area contributed by atoms with Gasteiger partial charge < -0.3 is 24.3 Å². The van der Waals surface area contributed by atoms with Crippen molar-refractivity contribution in [3.05, 3.63) is 34.2 Å². The van der Waals surface area contributed by atoms with Crippen LogP contribution in [0.2, 0.25) is 0 Å². The summed E-state index contributed by atoms with van der Waals surface area (Å²) in [4.78, 5) is 13.1. The summed E-state index contributed by atoms with van der Waals surface area (Å²) in [6.45, 7) is 6.44. The van der Waals surface area contributed by atoms with Crippen LogP contribution in [-0.2, 0) is 11.3 Å². The van der Waals surface area contributed by atoms with Gasteiger partial charge in [0.15, 0.2) is 11.3 Å². The van der Waals surface area contributed by atoms with Gasteiger partial charge in [-0.15, -0.1) is 0 Å². The lowest BCUT2D eigenvalue weighted by molar-refractivity contribution is -0.928. The van der Waals surface area contributed by atoms with Crippen LogP contribution in [0.1, 0.15) is 19.4 Å². The second-order valence-electron chi connectivity index (χ2n) is 5.99. The number of phenolic OH excluding ortho intramolecular Hbond substituents is 2. The third-order valence-corrected chi connectivity index (χ3v) is 4.01. The van der Waals surface area contributed by atoms with Crippen molar-refractivity contribution < 1.29 is 24.3 Å². The van der Waals surface area contributed by atoms with Crippen LogP contribution in [0.15, 0.2) is 27.4 Å². The topological polar surface area (TPSA) is 84.3 Å². The van der Waals surface area contributed by atoms with Crippen LogP contribution >= 0.6 is 0 Å². The second-order valence-corrected chi connectivity index (χ2v) is 5.99. The van der Waals surface area contributed by atoms with E-state index >= 15 is 0 Å². The summed E-state index contributed by atoms with van der Waals surface area (Å²) in [5.74, 6) is -0.691. The van der Waals surface area contributed by atoms with Crippen molar-refractivity contribution in [2.24, 2.45) is 0 Å². The first-order valence-corrected chi connectivity index (χ1v) is 7.40. The van der Waals surface area contributed by atoms with Crippen LogP contribution in [0.3, 0.4) is 0 Å². The van der Waals surface area contributed by atoms with E-state index in [9.17, 15) is 15.0 Å². The van der Waals surface area contributed by atoms with Gasteiger partial charge >= 0.3 is 5.63 Å². The molecule has 1 aromatic heterocycles. The number of fused-ring (bicyclic) bond motifs is 1. The van der Waals surface area contributed by atoms with E-state index in [2.05, 4.69) is 0 Å². The number of benzene rings is 1. The number of rotatable bonds is 2. The van der Waals surface area contributed by atoms with E-state index in [0.29, 0.717) is 11.9 Å². The zero-order chi connectivity index (χ0) is 15.9. The minimum Gasteiger partial charge on any atom is -0.504 e. The van der Waals surface area contributed by atoms with Crippen LogP contribution in [0, 0.1) is 0 Å². The van der Waals surface area contributed by atoms with Crippen molar-refractivity contribution in [1.82, 2.24) is 0 Å². The molecule has 2 heterocycles. The van der Waals surface area contributed by atoms with Gasteiger partial charge in [-0.3, -0.25) is 0 Å². The first-order chi connectivity index (χ1) is 10.4. The van der Waals surface area contributed by atoms with Crippen molar-refractivity contribution in [3.63, 3.8) is 0 Å². The second kappa shape index (κ2) is 5.62. The maximum atomic E-state index is 11.7. The fourth-order valence-electron chi connectivity index (χ4n) is 3.22. The molecule has 118 valence electrons. The number of aromatic hydroxyl groups is 2. The Labute approximate surface area is 127 Å². The summed E-state index contributed by atoms with van der Waals surface area (Å²) >= 11 is 0. The first kappa shape index (κ1) is 14.9. The van der Waals surface area contributed by atoms with Crippen LogP contribution in [-0.4, -0.2) is 35.5 Å². The highest BCUT2D eigenvalue weighted by Crippen LogP contribution is 2.33. The molecule has 0 amide bonds. The Morgan fingerprint density at radius 2 is 1.91 bits per heavy atom. The van der Waals surface area contributed by atoms with Crippen molar-refractivity contribution in [2.45, 2.75) is 32.6 Å². The average Bonchev–Trinajstić information content (AvgIpc) is 2.42. The van der Waals surface area contributed by atoms with Crippen molar-refractivity contribution >= 4 is 11.0 Å². The normalized spacial score (nSPS) is 25.5. The summed E-state index contributed by atoms with van der Waals surface area (Å²) in [6, 6.07) is 4.52. The molecule has 1 fully saturated rings. The number of nitrogens with one attached hydrogen (secondary N) is 1. The Bertz CT molecular complexity index is 744. The Kier molecular flexibility index (Phi) is 3.80. The summed E-state index contributed by atoms with van der Waals surface area (Å²) in [7, 11) is 0. The number of morpholine rings is 1. The van der Waals surface area contributed by atoms with E-state index in [-0.39, 0.29) is 23.5 Å². The van der Waals surface area contributed by atoms with Gasteiger partial charge in [0.25, 0.3) is 0 Å². The van der Waals surface area contributed by atoms with Gasteiger partial charge in [-0.25, -0.2) is 4.79 Å². The number of phenols is 2. The molecule has 0 saturated carbocycles. The van der Waals surface area contributed by atoms with Gasteiger partial charge in [-0.2, -0.15) is 0 Å². The molecule has 0 radical (unpaired) electrons. The molecular weight excluding hydrogens is 286 g/mol. The number of ether oxygens (including phenoxy) is 1. The zero-order valence-corrected chi connectivity index (χ0v) is 12.6. The number of hydrogen-bond donors (Lipinski definition) is 3. The molecule has 3 rings (SSSR count). The quantitative estimate of drug-likeness (QED) is 0.552. The molecule has 2 aromatic rings. The van der Waals surface area contributed by atoms with Crippen molar-refractivity contribution in [1.29, 1.82) is 0 Å². The minimum absolute atomic E-state index is 0.0382. The van der Waals surface area contributed by atoms with Gasteiger partial charge in [-0.05, 0) is 26.0 Å². The Morgan fingerprint density at radius 1 is 1.23 bits per heavy atom.